The SMILES string of the molecule is COc1ccc2c(=O)n(CC=C(F)F)cc(-c3cc(F)c(F)c(F)c3)c2c1. The highest BCUT2D eigenvalue weighted by Crippen LogP contribution is 2.31. The van der Waals surface area contributed by atoms with Gasteiger partial charge in [-0.05, 0) is 35.9 Å². The summed E-state index contributed by atoms with van der Waals surface area (Å²) in [5.74, 6) is -4.07. The van der Waals surface area contributed by atoms with Crippen LogP contribution in [0.15, 0.2) is 53.5 Å². The first-order valence-corrected chi connectivity index (χ1v) is 7.69. The summed E-state index contributed by atoms with van der Waals surface area (Å²) >= 11 is 0. The molecule has 3 aromatic rings. The predicted octanol–water partition coefficient (Wildman–Crippen LogP) is 4.87. The Bertz CT molecular complexity index is 1090. The van der Waals surface area contributed by atoms with Crippen LogP contribution in [0.25, 0.3) is 21.9 Å². The minimum atomic E-state index is -1.97. The fraction of sp³-hybridized carbons (Fsp3) is 0.105. The number of pyridine rings is 1. The Labute approximate surface area is 149 Å². The van der Waals surface area contributed by atoms with E-state index in [-0.39, 0.29) is 21.9 Å². The van der Waals surface area contributed by atoms with Crippen molar-refractivity contribution in [2.45, 2.75) is 6.54 Å². The number of ether oxygens (including phenoxy) is 1. The molecule has 0 amide bonds. The molecule has 0 atom stereocenters. The minimum Gasteiger partial charge on any atom is -0.497 e. The van der Waals surface area contributed by atoms with Gasteiger partial charge in [0, 0.05) is 35.2 Å². The number of benzene rings is 2. The van der Waals surface area contributed by atoms with E-state index in [1.165, 1.54) is 31.5 Å². The second-order valence-corrected chi connectivity index (χ2v) is 5.66. The van der Waals surface area contributed by atoms with Crippen LogP contribution >= 0.6 is 0 Å². The molecule has 0 fully saturated rings. The summed E-state index contributed by atoms with van der Waals surface area (Å²) in [6.07, 6.45) is -0.251. The second kappa shape index (κ2) is 7.22. The topological polar surface area (TPSA) is 31.2 Å². The van der Waals surface area contributed by atoms with E-state index in [0.717, 1.165) is 16.7 Å². The van der Waals surface area contributed by atoms with Crippen molar-refractivity contribution >= 4 is 10.8 Å². The number of nitrogens with zero attached hydrogens (tertiary/aromatic N) is 1. The minimum absolute atomic E-state index is 0.0527. The molecular weight excluding hydrogens is 369 g/mol. The molecule has 0 bridgehead atoms. The monoisotopic (exact) mass is 381 g/mol. The molecule has 1 aromatic heterocycles. The third kappa shape index (κ3) is 3.55. The number of methoxy groups -OCH3 is 1. The first-order chi connectivity index (χ1) is 12.8. The van der Waals surface area contributed by atoms with Crippen LogP contribution in [0.1, 0.15) is 0 Å². The van der Waals surface area contributed by atoms with Gasteiger partial charge in [0.2, 0.25) is 0 Å². The fourth-order valence-corrected chi connectivity index (χ4v) is 2.74. The average molecular weight is 381 g/mol. The number of allylic oxidation sites excluding steroid dienone is 1. The lowest BCUT2D eigenvalue weighted by atomic mass is 10.00. The molecule has 0 saturated heterocycles. The van der Waals surface area contributed by atoms with E-state index in [1.807, 2.05) is 0 Å². The van der Waals surface area contributed by atoms with E-state index < -0.39 is 35.6 Å². The summed E-state index contributed by atoms with van der Waals surface area (Å²) < 4.78 is 71.6. The Morgan fingerprint density at radius 2 is 1.74 bits per heavy atom. The van der Waals surface area contributed by atoms with Gasteiger partial charge in [-0.3, -0.25) is 4.79 Å². The standard InChI is InChI=1S/C19H12F5NO2/c1-27-11-2-3-12-13(8-11)14(9-25(19(12)26)5-4-17(22)23)10-6-15(20)18(24)16(21)7-10/h2-4,6-9H,5H2,1H3. The maximum Gasteiger partial charge on any atom is 0.268 e. The van der Waals surface area contributed by atoms with Crippen molar-refractivity contribution in [3.05, 3.63) is 76.5 Å². The lowest BCUT2D eigenvalue weighted by Gasteiger charge is -2.13. The van der Waals surface area contributed by atoms with Crippen molar-refractivity contribution < 1.29 is 26.7 Å². The second-order valence-electron chi connectivity index (χ2n) is 5.66. The Morgan fingerprint density at radius 3 is 2.33 bits per heavy atom. The molecule has 8 heteroatoms. The molecule has 140 valence electrons. The maximum absolute atomic E-state index is 13.7. The fourth-order valence-electron chi connectivity index (χ4n) is 2.74. The molecular formula is C19H12F5NO2. The molecule has 27 heavy (non-hydrogen) atoms. The summed E-state index contributed by atoms with van der Waals surface area (Å²) in [6.45, 7) is -0.442. The van der Waals surface area contributed by atoms with Crippen molar-refractivity contribution in [3.8, 4) is 16.9 Å². The van der Waals surface area contributed by atoms with Crippen molar-refractivity contribution in [2.24, 2.45) is 0 Å². The van der Waals surface area contributed by atoms with E-state index in [4.69, 9.17) is 4.74 Å². The molecule has 0 radical (unpaired) electrons. The number of aromatic nitrogens is 1. The molecule has 1 heterocycles. The zero-order valence-electron chi connectivity index (χ0n) is 13.9. The van der Waals surface area contributed by atoms with Crippen molar-refractivity contribution in [1.82, 2.24) is 4.57 Å². The summed E-state index contributed by atoms with van der Waals surface area (Å²) in [5, 5.41) is 0.414. The molecule has 0 aliphatic carbocycles. The first-order valence-electron chi connectivity index (χ1n) is 7.69. The molecule has 0 aliphatic rings. The summed E-state index contributed by atoms with van der Waals surface area (Å²) in [7, 11) is 1.40. The lowest BCUT2D eigenvalue weighted by molar-refractivity contribution is 0.415. The Hall–Kier alpha value is -3.16. The van der Waals surface area contributed by atoms with Gasteiger partial charge in [0.25, 0.3) is 11.6 Å². The lowest BCUT2D eigenvalue weighted by Crippen LogP contribution is -2.19. The Kier molecular flexibility index (Phi) is 4.98. The molecule has 2 aromatic carbocycles. The molecule has 3 nitrogen and oxygen atoms in total. The summed E-state index contributed by atoms with van der Waals surface area (Å²) in [4.78, 5) is 12.6. The smallest absolute Gasteiger partial charge is 0.268 e. The summed E-state index contributed by atoms with van der Waals surface area (Å²) in [6, 6.07) is 5.93. The quantitative estimate of drug-likeness (QED) is 0.477. The third-order valence-corrected chi connectivity index (χ3v) is 4.03. The van der Waals surface area contributed by atoms with E-state index in [2.05, 4.69) is 0 Å². The number of hydrogen-bond donors (Lipinski definition) is 0. The van der Waals surface area contributed by atoms with E-state index in [0.29, 0.717) is 11.8 Å². The molecule has 0 N–H and O–H groups in total. The maximum atomic E-state index is 13.7. The highest BCUT2D eigenvalue weighted by molar-refractivity contribution is 5.96. The van der Waals surface area contributed by atoms with Gasteiger partial charge in [0.15, 0.2) is 17.5 Å². The Balaban J connectivity index is 2.36. The number of halogens is 5. The average Bonchev–Trinajstić information content (AvgIpc) is 2.64. The third-order valence-electron chi connectivity index (χ3n) is 4.03. The van der Waals surface area contributed by atoms with Crippen LogP contribution < -0.4 is 10.3 Å². The summed E-state index contributed by atoms with van der Waals surface area (Å²) in [5.41, 5.74) is -0.464. The van der Waals surface area contributed by atoms with Gasteiger partial charge in [0.05, 0.1) is 7.11 Å². The highest BCUT2D eigenvalue weighted by atomic mass is 19.3. The number of hydrogen-bond acceptors (Lipinski definition) is 2. The van der Waals surface area contributed by atoms with Gasteiger partial charge in [0.1, 0.15) is 5.75 Å². The van der Waals surface area contributed by atoms with Gasteiger partial charge in [-0.25, -0.2) is 13.2 Å². The van der Waals surface area contributed by atoms with Gasteiger partial charge in [-0.1, -0.05) is 0 Å². The van der Waals surface area contributed by atoms with Crippen LogP contribution in [0.3, 0.4) is 0 Å². The van der Waals surface area contributed by atoms with Crippen LogP contribution in [-0.4, -0.2) is 11.7 Å². The number of rotatable bonds is 4. The number of fused-ring (bicyclic) bond motifs is 1. The largest absolute Gasteiger partial charge is 0.497 e. The highest BCUT2D eigenvalue weighted by Gasteiger charge is 2.16. The normalized spacial score (nSPS) is 10.9. The van der Waals surface area contributed by atoms with E-state index >= 15 is 0 Å². The first kappa shape index (κ1) is 18.6. The zero-order valence-corrected chi connectivity index (χ0v) is 13.9. The van der Waals surface area contributed by atoms with Gasteiger partial charge >= 0.3 is 0 Å². The van der Waals surface area contributed by atoms with Crippen LogP contribution in [0.2, 0.25) is 0 Å². The van der Waals surface area contributed by atoms with E-state index in [1.54, 1.807) is 0 Å². The van der Waals surface area contributed by atoms with Gasteiger partial charge in [-0.15, -0.1) is 0 Å². The predicted molar refractivity (Wildman–Crippen MR) is 90.4 cm³/mol. The zero-order chi connectivity index (χ0) is 19.7. The molecule has 0 aliphatic heterocycles. The van der Waals surface area contributed by atoms with Crippen LogP contribution in [-0.2, 0) is 6.54 Å². The van der Waals surface area contributed by atoms with Crippen LogP contribution in [0.4, 0.5) is 22.0 Å². The van der Waals surface area contributed by atoms with Gasteiger partial charge < -0.3 is 9.30 Å². The molecule has 0 spiro atoms. The molecule has 0 saturated carbocycles. The van der Waals surface area contributed by atoms with Crippen LogP contribution in [0, 0.1) is 17.5 Å². The van der Waals surface area contributed by atoms with Gasteiger partial charge in [-0.2, -0.15) is 8.78 Å². The molecule has 3 rings (SSSR count). The van der Waals surface area contributed by atoms with Crippen molar-refractivity contribution in [3.63, 3.8) is 0 Å². The van der Waals surface area contributed by atoms with Crippen molar-refractivity contribution in [1.29, 1.82) is 0 Å². The Morgan fingerprint density at radius 1 is 1.07 bits per heavy atom. The van der Waals surface area contributed by atoms with E-state index in [9.17, 15) is 26.7 Å². The molecule has 0 unspecified atom stereocenters. The van der Waals surface area contributed by atoms with Crippen molar-refractivity contribution in [2.75, 3.05) is 7.11 Å². The van der Waals surface area contributed by atoms with Crippen LogP contribution in [0.5, 0.6) is 5.75 Å².